The number of anilines is 1. The summed E-state index contributed by atoms with van der Waals surface area (Å²) in [6.07, 6.45) is -1.44. The summed E-state index contributed by atoms with van der Waals surface area (Å²) in [7, 11) is 0. The third-order valence-corrected chi connectivity index (χ3v) is 3.49. The first-order valence-corrected chi connectivity index (χ1v) is 6.14. The molecular formula is C14H8ClF2NO2. The summed E-state index contributed by atoms with van der Waals surface area (Å²) < 4.78 is 27.9. The molecule has 1 N–H and O–H groups in total. The lowest BCUT2D eigenvalue weighted by Crippen LogP contribution is -2.29. The van der Waals surface area contributed by atoms with Gasteiger partial charge in [-0.2, -0.15) is 0 Å². The maximum Gasteiger partial charge on any atom is 0.261 e. The molecule has 2 aromatic rings. The topological polar surface area (TPSA) is 40.5 Å². The Hall–Kier alpha value is -1.98. The number of benzene rings is 2. The van der Waals surface area contributed by atoms with Crippen molar-refractivity contribution in [1.82, 2.24) is 0 Å². The fourth-order valence-corrected chi connectivity index (χ4v) is 2.41. The van der Waals surface area contributed by atoms with E-state index in [-0.39, 0.29) is 10.6 Å². The first-order chi connectivity index (χ1) is 9.52. The Morgan fingerprint density at radius 2 is 1.85 bits per heavy atom. The minimum Gasteiger partial charge on any atom is -0.369 e. The maximum absolute atomic E-state index is 14.0. The third kappa shape index (κ3) is 1.71. The number of aliphatic hydroxyl groups is 1. The van der Waals surface area contributed by atoms with Gasteiger partial charge in [0.15, 0.2) is 12.0 Å². The fraction of sp³-hybridized carbons (Fsp3) is 0.0714. The van der Waals surface area contributed by atoms with Crippen molar-refractivity contribution in [3.63, 3.8) is 0 Å². The van der Waals surface area contributed by atoms with Gasteiger partial charge in [-0.15, -0.1) is 0 Å². The van der Waals surface area contributed by atoms with Gasteiger partial charge in [-0.1, -0.05) is 29.8 Å². The second-order valence-electron chi connectivity index (χ2n) is 4.33. The lowest BCUT2D eigenvalue weighted by atomic mass is 10.1. The molecule has 1 aliphatic heterocycles. The van der Waals surface area contributed by atoms with Crippen LogP contribution in [0.5, 0.6) is 0 Å². The second kappa shape index (κ2) is 4.54. The summed E-state index contributed by atoms with van der Waals surface area (Å²) in [6, 6.07) is 8.25. The van der Waals surface area contributed by atoms with E-state index in [1.54, 1.807) is 12.1 Å². The van der Waals surface area contributed by atoms with Crippen LogP contribution in [-0.2, 0) is 0 Å². The second-order valence-corrected chi connectivity index (χ2v) is 4.74. The van der Waals surface area contributed by atoms with E-state index in [9.17, 15) is 18.7 Å². The zero-order chi connectivity index (χ0) is 14.4. The Morgan fingerprint density at radius 3 is 2.55 bits per heavy atom. The van der Waals surface area contributed by atoms with Crippen LogP contribution < -0.4 is 4.90 Å². The van der Waals surface area contributed by atoms with Gasteiger partial charge in [0.25, 0.3) is 5.91 Å². The zero-order valence-electron chi connectivity index (χ0n) is 9.98. The summed E-state index contributed by atoms with van der Waals surface area (Å²) in [5, 5.41) is 9.81. The highest BCUT2D eigenvalue weighted by atomic mass is 35.5. The molecule has 0 spiro atoms. The fourth-order valence-electron chi connectivity index (χ4n) is 2.26. The first-order valence-electron chi connectivity index (χ1n) is 5.76. The molecule has 2 aromatic carbocycles. The Bertz CT molecular complexity index is 720. The van der Waals surface area contributed by atoms with Crippen LogP contribution >= 0.6 is 11.6 Å². The summed E-state index contributed by atoms with van der Waals surface area (Å²) in [4.78, 5) is 12.9. The van der Waals surface area contributed by atoms with Crippen molar-refractivity contribution in [2.24, 2.45) is 0 Å². The van der Waals surface area contributed by atoms with E-state index >= 15 is 0 Å². The van der Waals surface area contributed by atoms with Crippen molar-refractivity contribution in [3.8, 4) is 0 Å². The highest BCUT2D eigenvalue weighted by Crippen LogP contribution is 2.39. The van der Waals surface area contributed by atoms with Crippen molar-refractivity contribution in [2.75, 3.05) is 4.90 Å². The van der Waals surface area contributed by atoms with Crippen molar-refractivity contribution >= 4 is 23.2 Å². The molecule has 1 aliphatic rings. The molecule has 1 amide bonds. The van der Waals surface area contributed by atoms with Crippen molar-refractivity contribution in [2.45, 2.75) is 6.23 Å². The van der Waals surface area contributed by atoms with E-state index in [0.717, 1.165) is 12.1 Å². The Kier molecular flexibility index (Phi) is 2.96. The maximum atomic E-state index is 14.0. The van der Waals surface area contributed by atoms with Gasteiger partial charge in [0, 0.05) is 11.1 Å². The van der Waals surface area contributed by atoms with E-state index < -0.39 is 29.5 Å². The number of halogens is 3. The van der Waals surface area contributed by atoms with Gasteiger partial charge >= 0.3 is 0 Å². The molecular weight excluding hydrogens is 288 g/mol. The molecule has 6 heteroatoms. The van der Waals surface area contributed by atoms with E-state index in [4.69, 9.17) is 11.6 Å². The first kappa shape index (κ1) is 13.0. The summed E-state index contributed by atoms with van der Waals surface area (Å²) in [5.74, 6) is -2.72. The monoisotopic (exact) mass is 295 g/mol. The van der Waals surface area contributed by atoms with Gasteiger partial charge in [-0.3, -0.25) is 9.69 Å². The average Bonchev–Trinajstić information content (AvgIpc) is 2.69. The summed E-state index contributed by atoms with van der Waals surface area (Å²) >= 11 is 5.61. The molecule has 0 bridgehead atoms. The predicted octanol–water partition coefficient (Wildman–Crippen LogP) is 3.27. The molecule has 0 radical (unpaired) electrons. The van der Waals surface area contributed by atoms with Crippen molar-refractivity contribution in [3.05, 3.63) is 64.2 Å². The number of carbonyl (C=O) groups is 1. The molecule has 1 atom stereocenters. The highest BCUT2D eigenvalue weighted by Gasteiger charge is 2.39. The number of carbonyl (C=O) groups excluding carboxylic acids is 1. The number of rotatable bonds is 1. The lowest BCUT2D eigenvalue weighted by molar-refractivity contribution is 0.0931. The SMILES string of the molecule is O=C1c2ccccc2C(O)N1c1c(F)ccc(Cl)c1F. The van der Waals surface area contributed by atoms with Gasteiger partial charge in [0.05, 0.1) is 5.02 Å². The van der Waals surface area contributed by atoms with Crippen molar-refractivity contribution in [1.29, 1.82) is 0 Å². The number of amides is 1. The smallest absolute Gasteiger partial charge is 0.261 e. The Labute approximate surface area is 118 Å². The molecule has 0 saturated heterocycles. The molecule has 0 saturated carbocycles. The standard InChI is InChI=1S/C14H8ClF2NO2/c15-9-5-6-10(16)12(11(9)17)18-13(19)7-3-1-2-4-8(7)14(18)20/h1-6,13,19H. The van der Waals surface area contributed by atoms with E-state index in [1.807, 2.05) is 0 Å². The summed E-state index contributed by atoms with van der Waals surface area (Å²) in [5.41, 5.74) is -0.138. The normalized spacial score (nSPS) is 17.5. The molecule has 102 valence electrons. The van der Waals surface area contributed by atoms with Crippen LogP contribution in [0.2, 0.25) is 5.02 Å². The molecule has 3 rings (SSSR count). The van der Waals surface area contributed by atoms with Gasteiger partial charge in [0.1, 0.15) is 11.5 Å². The van der Waals surface area contributed by atoms with Crippen LogP contribution in [0.3, 0.4) is 0 Å². The number of aliphatic hydroxyl groups excluding tert-OH is 1. The van der Waals surface area contributed by atoms with Crippen LogP contribution in [-0.4, -0.2) is 11.0 Å². The van der Waals surface area contributed by atoms with Crippen LogP contribution in [0.4, 0.5) is 14.5 Å². The third-order valence-electron chi connectivity index (χ3n) is 3.19. The molecule has 1 heterocycles. The Balaban J connectivity index is 2.19. The van der Waals surface area contributed by atoms with E-state index in [2.05, 4.69) is 0 Å². The van der Waals surface area contributed by atoms with E-state index in [1.165, 1.54) is 12.1 Å². The van der Waals surface area contributed by atoms with E-state index in [0.29, 0.717) is 10.5 Å². The van der Waals surface area contributed by atoms with Crippen molar-refractivity contribution < 1.29 is 18.7 Å². The number of hydrogen-bond acceptors (Lipinski definition) is 2. The highest BCUT2D eigenvalue weighted by molar-refractivity contribution is 6.31. The van der Waals surface area contributed by atoms with Gasteiger partial charge in [-0.05, 0) is 18.2 Å². The number of hydrogen-bond donors (Lipinski definition) is 1. The molecule has 3 nitrogen and oxygen atoms in total. The molecule has 1 unspecified atom stereocenters. The number of fused-ring (bicyclic) bond motifs is 1. The lowest BCUT2D eigenvalue weighted by Gasteiger charge is -2.22. The van der Waals surface area contributed by atoms with Gasteiger partial charge < -0.3 is 5.11 Å². The largest absolute Gasteiger partial charge is 0.369 e. The molecule has 0 aliphatic carbocycles. The molecule has 20 heavy (non-hydrogen) atoms. The number of nitrogens with zero attached hydrogens (tertiary/aromatic N) is 1. The molecule has 0 aromatic heterocycles. The minimum atomic E-state index is -1.44. The van der Waals surface area contributed by atoms with Gasteiger partial charge in [-0.25, -0.2) is 8.78 Å². The van der Waals surface area contributed by atoms with Crippen LogP contribution in [0.25, 0.3) is 0 Å². The van der Waals surface area contributed by atoms with Crippen LogP contribution in [0.1, 0.15) is 22.1 Å². The summed E-state index contributed by atoms with van der Waals surface area (Å²) in [6.45, 7) is 0. The minimum absolute atomic E-state index is 0.207. The van der Waals surface area contributed by atoms with Crippen LogP contribution in [0, 0.1) is 11.6 Å². The average molecular weight is 296 g/mol. The molecule has 0 fully saturated rings. The predicted molar refractivity (Wildman–Crippen MR) is 69.6 cm³/mol. The quantitative estimate of drug-likeness (QED) is 0.820. The van der Waals surface area contributed by atoms with Gasteiger partial charge in [0.2, 0.25) is 0 Å². The zero-order valence-corrected chi connectivity index (χ0v) is 10.7. The Morgan fingerprint density at radius 1 is 1.15 bits per heavy atom. The van der Waals surface area contributed by atoms with Crippen LogP contribution in [0.15, 0.2) is 36.4 Å².